The van der Waals surface area contributed by atoms with Gasteiger partial charge in [-0.3, -0.25) is 0 Å². The monoisotopic (exact) mass is 232 g/mol. The van der Waals surface area contributed by atoms with E-state index in [1.807, 2.05) is 13.8 Å². The number of nitrogens with one attached hydrogen (secondary N) is 2. The van der Waals surface area contributed by atoms with Gasteiger partial charge in [0.05, 0.1) is 11.6 Å². The second-order valence-electron chi connectivity index (χ2n) is 3.71. The molecule has 1 saturated heterocycles. The van der Waals surface area contributed by atoms with Crippen LogP contribution in [0.15, 0.2) is 18.3 Å². The second kappa shape index (κ2) is 7.64. The summed E-state index contributed by atoms with van der Waals surface area (Å²) in [5.41, 5.74) is 0.654. The van der Waals surface area contributed by atoms with Gasteiger partial charge in [0.2, 0.25) is 0 Å². The molecule has 0 spiro atoms. The van der Waals surface area contributed by atoms with E-state index in [1.54, 1.807) is 18.3 Å². The first-order valence-corrected chi connectivity index (χ1v) is 6.22. The van der Waals surface area contributed by atoms with Gasteiger partial charge in [0, 0.05) is 12.2 Å². The first-order chi connectivity index (χ1) is 8.38. The third-order valence-electron chi connectivity index (χ3n) is 2.58. The van der Waals surface area contributed by atoms with Crippen LogP contribution >= 0.6 is 0 Å². The van der Waals surface area contributed by atoms with Crippen molar-refractivity contribution in [2.75, 3.05) is 18.4 Å². The van der Waals surface area contributed by atoms with Crippen molar-refractivity contribution in [3.05, 3.63) is 23.9 Å². The summed E-state index contributed by atoms with van der Waals surface area (Å²) >= 11 is 0. The van der Waals surface area contributed by atoms with Crippen LogP contribution < -0.4 is 10.6 Å². The SMILES string of the molecule is CC.N#Cc1ccnc(NC2CCNCC2)c1. The summed E-state index contributed by atoms with van der Waals surface area (Å²) < 4.78 is 0. The third-order valence-corrected chi connectivity index (χ3v) is 2.58. The summed E-state index contributed by atoms with van der Waals surface area (Å²) in [5.74, 6) is 0.806. The van der Waals surface area contributed by atoms with Crippen molar-refractivity contribution in [1.82, 2.24) is 10.3 Å². The molecule has 0 amide bonds. The van der Waals surface area contributed by atoms with Crippen LogP contribution in [0.3, 0.4) is 0 Å². The minimum Gasteiger partial charge on any atom is -0.367 e. The number of aromatic nitrogens is 1. The standard InChI is InChI=1S/C11H14N4.C2H6/c12-8-9-1-6-14-11(7-9)15-10-2-4-13-5-3-10;1-2/h1,6-7,10,13H,2-5H2,(H,14,15);1-2H3. The van der Waals surface area contributed by atoms with Crippen molar-refractivity contribution in [3.8, 4) is 6.07 Å². The summed E-state index contributed by atoms with van der Waals surface area (Å²) in [6.45, 7) is 6.10. The Morgan fingerprint density at radius 2 is 2.12 bits per heavy atom. The lowest BCUT2D eigenvalue weighted by Crippen LogP contribution is -2.35. The highest BCUT2D eigenvalue weighted by Gasteiger charge is 2.12. The van der Waals surface area contributed by atoms with Crippen LogP contribution in [0.5, 0.6) is 0 Å². The molecule has 0 aromatic carbocycles. The van der Waals surface area contributed by atoms with Crippen LogP contribution in [0.25, 0.3) is 0 Å². The van der Waals surface area contributed by atoms with Crippen LogP contribution in [0.4, 0.5) is 5.82 Å². The third kappa shape index (κ3) is 4.41. The molecule has 4 heteroatoms. The van der Waals surface area contributed by atoms with Crippen LogP contribution in [-0.4, -0.2) is 24.1 Å². The molecule has 1 aromatic heterocycles. The number of anilines is 1. The van der Waals surface area contributed by atoms with Gasteiger partial charge in [-0.25, -0.2) is 4.98 Å². The molecule has 0 bridgehead atoms. The van der Waals surface area contributed by atoms with Crippen molar-refractivity contribution < 1.29 is 0 Å². The van der Waals surface area contributed by atoms with Crippen LogP contribution in [-0.2, 0) is 0 Å². The molecule has 0 radical (unpaired) electrons. The number of pyridine rings is 1. The van der Waals surface area contributed by atoms with E-state index in [2.05, 4.69) is 21.7 Å². The summed E-state index contributed by atoms with van der Waals surface area (Å²) in [7, 11) is 0. The van der Waals surface area contributed by atoms with Gasteiger partial charge < -0.3 is 10.6 Å². The fourth-order valence-electron chi connectivity index (χ4n) is 1.75. The Balaban J connectivity index is 0.000000686. The molecule has 0 atom stereocenters. The Bertz CT molecular complexity index is 364. The molecule has 2 heterocycles. The van der Waals surface area contributed by atoms with E-state index in [1.165, 1.54) is 0 Å². The summed E-state index contributed by atoms with van der Waals surface area (Å²) in [4.78, 5) is 4.20. The quantitative estimate of drug-likeness (QED) is 0.820. The van der Waals surface area contributed by atoms with Gasteiger partial charge in [-0.2, -0.15) is 5.26 Å². The number of rotatable bonds is 2. The maximum atomic E-state index is 8.75. The lowest BCUT2D eigenvalue weighted by atomic mass is 10.1. The highest BCUT2D eigenvalue weighted by molar-refractivity contribution is 5.43. The first kappa shape index (κ1) is 13.5. The minimum absolute atomic E-state index is 0.479. The molecule has 2 N–H and O–H groups in total. The first-order valence-electron chi connectivity index (χ1n) is 6.22. The summed E-state index contributed by atoms with van der Waals surface area (Å²) in [6.07, 6.45) is 3.89. The van der Waals surface area contributed by atoms with Crippen LogP contribution in [0.2, 0.25) is 0 Å². The maximum absolute atomic E-state index is 8.75. The number of hydrogen-bond donors (Lipinski definition) is 2. The molecular weight excluding hydrogens is 212 g/mol. The molecule has 1 aliphatic rings. The molecule has 17 heavy (non-hydrogen) atoms. The van der Waals surface area contributed by atoms with Gasteiger partial charge in [0.1, 0.15) is 5.82 Å². The lowest BCUT2D eigenvalue weighted by molar-refractivity contribution is 0.478. The number of piperidine rings is 1. The molecule has 1 aliphatic heterocycles. The smallest absolute Gasteiger partial charge is 0.127 e. The molecule has 0 saturated carbocycles. The number of hydrogen-bond acceptors (Lipinski definition) is 4. The van der Waals surface area contributed by atoms with Gasteiger partial charge in [-0.15, -0.1) is 0 Å². The van der Waals surface area contributed by atoms with E-state index in [-0.39, 0.29) is 0 Å². The second-order valence-corrected chi connectivity index (χ2v) is 3.71. The van der Waals surface area contributed by atoms with E-state index in [0.29, 0.717) is 11.6 Å². The van der Waals surface area contributed by atoms with Crippen molar-refractivity contribution in [1.29, 1.82) is 5.26 Å². The Kier molecular flexibility index (Phi) is 6.05. The van der Waals surface area contributed by atoms with E-state index in [4.69, 9.17) is 5.26 Å². The molecule has 92 valence electrons. The van der Waals surface area contributed by atoms with Crippen molar-refractivity contribution >= 4 is 5.82 Å². The lowest BCUT2D eigenvalue weighted by Gasteiger charge is -2.24. The zero-order valence-corrected chi connectivity index (χ0v) is 10.5. The van der Waals surface area contributed by atoms with E-state index < -0.39 is 0 Å². The molecule has 4 nitrogen and oxygen atoms in total. The van der Waals surface area contributed by atoms with Crippen LogP contribution in [0.1, 0.15) is 32.3 Å². The Labute approximate surface area is 103 Å². The summed E-state index contributed by atoms with van der Waals surface area (Å²) in [5, 5.41) is 15.4. The predicted octanol–water partition coefficient (Wildman–Crippen LogP) is 2.14. The van der Waals surface area contributed by atoms with Crippen LogP contribution in [0, 0.1) is 11.3 Å². The average Bonchev–Trinajstić information content (AvgIpc) is 2.42. The van der Waals surface area contributed by atoms with Crippen molar-refractivity contribution in [3.63, 3.8) is 0 Å². The molecule has 0 aliphatic carbocycles. The molecule has 1 aromatic rings. The fraction of sp³-hybridized carbons (Fsp3) is 0.538. The largest absolute Gasteiger partial charge is 0.367 e. The number of nitriles is 1. The zero-order chi connectivity index (χ0) is 12.5. The number of nitrogens with zero attached hydrogens (tertiary/aromatic N) is 2. The van der Waals surface area contributed by atoms with E-state index >= 15 is 0 Å². The highest BCUT2D eigenvalue weighted by Crippen LogP contribution is 2.11. The van der Waals surface area contributed by atoms with Gasteiger partial charge in [-0.1, -0.05) is 13.8 Å². The van der Waals surface area contributed by atoms with Crippen molar-refractivity contribution in [2.24, 2.45) is 0 Å². The Hall–Kier alpha value is -1.60. The van der Waals surface area contributed by atoms with E-state index in [9.17, 15) is 0 Å². The highest BCUT2D eigenvalue weighted by atomic mass is 15.0. The normalized spacial score (nSPS) is 15.4. The van der Waals surface area contributed by atoms with Gasteiger partial charge in [0.15, 0.2) is 0 Å². The molecular formula is C13H20N4. The Morgan fingerprint density at radius 3 is 2.76 bits per heavy atom. The van der Waals surface area contributed by atoms with Gasteiger partial charge >= 0.3 is 0 Å². The van der Waals surface area contributed by atoms with E-state index in [0.717, 1.165) is 31.7 Å². The average molecular weight is 232 g/mol. The molecule has 1 fully saturated rings. The minimum atomic E-state index is 0.479. The summed E-state index contributed by atoms with van der Waals surface area (Å²) in [6, 6.07) is 6.10. The Morgan fingerprint density at radius 1 is 1.41 bits per heavy atom. The van der Waals surface area contributed by atoms with Gasteiger partial charge in [-0.05, 0) is 38.1 Å². The maximum Gasteiger partial charge on any atom is 0.127 e. The predicted molar refractivity (Wildman–Crippen MR) is 69.8 cm³/mol. The molecule has 2 rings (SSSR count). The molecule has 0 unspecified atom stereocenters. The topological polar surface area (TPSA) is 60.7 Å². The zero-order valence-electron chi connectivity index (χ0n) is 10.5. The fourth-order valence-corrected chi connectivity index (χ4v) is 1.75. The van der Waals surface area contributed by atoms with Crippen molar-refractivity contribution in [2.45, 2.75) is 32.7 Å². The van der Waals surface area contributed by atoms with Gasteiger partial charge in [0.25, 0.3) is 0 Å².